The molecular weight excluding hydrogens is 226 g/mol. The molecule has 1 aliphatic rings. The summed E-state index contributed by atoms with van der Waals surface area (Å²) in [5.41, 5.74) is 1.28. The molecule has 1 aromatic heterocycles. The SMILES string of the molecule is CNC(c1ccco1)C1COc2ccccc2C1. The van der Waals surface area contributed by atoms with Crippen molar-refractivity contribution in [2.45, 2.75) is 12.5 Å². The summed E-state index contributed by atoms with van der Waals surface area (Å²) in [7, 11) is 1.97. The molecule has 0 bridgehead atoms. The van der Waals surface area contributed by atoms with Crippen LogP contribution in [-0.2, 0) is 6.42 Å². The molecule has 2 heterocycles. The Morgan fingerprint density at radius 2 is 2.11 bits per heavy atom. The molecule has 0 saturated carbocycles. The van der Waals surface area contributed by atoms with Crippen molar-refractivity contribution >= 4 is 0 Å². The van der Waals surface area contributed by atoms with E-state index in [-0.39, 0.29) is 6.04 Å². The first-order valence-electron chi connectivity index (χ1n) is 6.30. The van der Waals surface area contributed by atoms with E-state index in [1.807, 2.05) is 31.3 Å². The van der Waals surface area contributed by atoms with E-state index < -0.39 is 0 Å². The Balaban J connectivity index is 1.82. The van der Waals surface area contributed by atoms with E-state index in [9.17, 15) is 0 Å². The number of fused-ring (bicyclic) bond motifs is 1. The van der Waals surface area contributed by atoms with Crippen LogP contribution < -0.4 is 10.1 Å². The van der Waals surface area contributed by atoms with Crippen LogP contribution in [0.2, 0.25) is 0 Å². The molecule has 94 valence electrons. The number of furan rings is 1. The van der Waals surface area contributed by atoms with Crippen molar-refractivity contribution < 1.29 is 9.15 Å². The largest absolute Gasteiger partial charge is 0.493 e. The van der Waals surface area contributed by atoms with Gasteiger partial charge < -0.3 is 14.5 Å². The van der Waals surface area contributed by atoms with Crippen molar-refractivity contribution in [3.05, 3.63) is 54.0 Å². The minimum atomic E-state index is 0.202. The first-order valence-corrected chi connectivity index (χ1v) is 6.30. The fourth-order valence-electron chi connectivity index (χ4n) is 2.64. The van der Waals surface area contributed by atoms with E-state index >= 15 is 0 Å². The smallest absolute Gasteiger partial charge is 0.122 e. The summed E-state index contributed by atoms with van der Waals surface area (Å²) in [6, 6.07) is 12.4. The Kier molecular flexibility index (Phi) is 3.07. The van der Waals surface area contributed by atoms with Gasteiger partial charge in [0.1, 0.15) is 11.5 Å². The lowest BCUT2D eigenvalue weighted by Crippen LogP contribution is -2.33. The van der Waals surface area contributed by atoms with Gasteiger partial charge in [0.25, 0.3) is 0 Å². The molecule has 0 saturated heterocycles. The minimum Gasteiger partial charge on any atom is -0.493 e. The molecule has 1 N–H and O–H groups in total. The number of ether oxygens (including phenoxy) is 1. The zero-order valence-electron chi connectivity index (χ0n) is 10.4. The third kappa shape index (κ3) is 2.02. The van der Waals surface area contributed by atoms with Gasteiger partial charge in [-0.2, -0.15) is 0 Å². The average molecular weight is 243 g/mol. The monoisotopic (exact) mass is 243 g/mol. The zero-order valence-corrected chi connectivity index (χ0v) is 10.4. The number of hydrogen-bond acceptors (Lipinski definition) is 3. The molecule has 3 rings (SSSR count). The second kappa shape index (κ2) is 4.86. The van der Waals surface area contributed by atoms with E-state index in [1.54, 1.807) is 6.26 Å². The summed E-state index contributed by atoms with van der Waals surface area (Å²) >= 11 is 0. The second-order valence-electron chi connectivity index (χ2n) is 4.66. The van der Waals surface area contributed by atoms with E-state index in [1.165, 1.54) is 5.56 Å². The van der Waals surface area contributed by atoms with Gasteiger partial charge in [-0.3, -0.25) is 0 Å². The van der Waals surface area contributed by atoms with Crippen LogP contribution in [0.25, 0.3) is 0 Å². The molecule has 2 unspecified atom stereocenters. The van der Waals surface area contributed by atoms with Crippen LogP contribution in [0.4, 0.5) is 0 Å². The zero-order chi connectivity index (χ0) is 12.4. The van der Waals surface area contributed by atoms with Crippen molar-refractivity contribution in [3.8, 4) is 5.75 Å². The average Bonchev–Trinajstić information content (AvgIpc) is 2.93. The highest BCUT2D eigenvalue weighted by molar-refractivity contribution is 5.35. The Hall–Kier alpha value is -1.74. The fourth-order valence-corrected chi connectivity index (χ4v) is 2.64. The number of benzene rings is 1. The van der Waals surface area contributed by atoms with Gasteiger partial charge in [0, 0.05) is 5.92 Å². The van der Waals surface area contributed by atoms with Gasteiger partial charge in [-0.15, -0.1) is 0 Å². The minimum absolute atomic E-state index is 0.202. The second-order valence-corrected chi connectivity index (χ2v) is 4.66. The molecule has 3 heteroatoms. The molecule has 1 aromatic carbocycles. The number of hydrogen-bond donors (Lipinski definition) is 1. The van der Waals surface area contributed by atoms with Gasteiger partial charge >= 0.3 is 0 Å². The number of para-hydroxylation sites is 1. The van der Waals surface area contributed by atoms with Crippen LogP contribution in [0.15, 0.2) is 47.1 Å². The Morgan fingerprint density at radius 3 is 2.89 bits per heavy atom. The Bertz CT molecular complexity index is 507. The van der Waals surface area contributed by atoms with Crippen LogP contribution >= 0.6 is 0 Å². The lowest BCUT2D eigenvalue weighted by molar-refractivity contribution is 0.177. The van der Waals surface area contributed by atoms with E-state index in [4.69, 9.17) is 9.15 Å². The fraction of sp³-hybridized carbons (Fsp3) is 0.333. The van der Waals surface area contributed by atoms with Gasteiger partial charge in [0.15, 0.2) is 0 Å². The van der Waals surface area contributed by atoms with Crippen molar-refractivity contribution in [3.63, 3.8) is 0 Å². The van der Waals surface area contributed by atoms with Gasteiger partial charge in [-0.1, -0.05) is 18.2 Å². The maximum Gasteiger partial charge on any atom is 0.122 e. The van der Waals surface area contributed by atoms with Crippen molar-refractivity contribution in [1.82, 2.24) is 5.32 Å². The summed E-state index contributed by atoms with van der Waals surface area (Å²) in [6.07, 6.45) is 2.74. The first kappa shape index (κ1) is 11.4. The van der Waals surface area contributed by atoms with Gasteiger partial charge in [-0.25, -0.2) is 0 Å². The molecule has 0 amide bonds. The predicted molar refractivity (Wildman–Crippen MR) is 69.6 cm³/mol. The van der Waals surface area contributed by atoms with Crippen LogP contribution in [0.3, 0.4) is 0 Å². The third-order valence-electron chi connectivity index (χ3n) is 3.54. The molecule has 0 aliphatic carbocycles. The molecule has 2 aromatic rings. The normalized spacial score (nSPS) is 19.9. The molecule has 0 spiro atoms. The highest BCUT2D eigenvalue weighted by atomic mass is 16.5. The van der Waals surface area contributed by atoms with Crippen molar-refractivity contribution in [2.75, 3.05) is 13.7 Å². The topological polar surface area (TPSA) is 34.4 Å². The number of rotatable bonds is 3. The van der Waals surface area contributed by atoms with E-state index in [0.29, 0.717) is 5.92 Å². The summed E-state index contributed by atoms with van der Waals surface area (Å²) in [4.78, 5) is 0. The summed E-state index contributed by atoms with van der Waals surface area (Å²) in [6.45, 7) is 0.725. The van der Waals surface area contributed by atoms with Crippen molar-refractivity contribution in [1.29, 1.82) is 0 Å². The van der Waals surface area contributed by atoms with Crippen LogP contribution in [-0.4, -0.2) is 13.7 Å². The lowest BCUT2D eigenvalue weighted by Gasteiger charge is -2.30. The maximum atomic E-state index is 5.84. The van der Waals surface area contributed by atoms with Gasteiger partial charge in [0.05, 0.1) is 18.9 Å². The van der Waals surface area contributed by atoms with Gasteiger partial charge in [-0.05, 0) is 37.2 Å². The Labute approximate surface area is 107 Å². The summed E-state index contributed by atoms with van der Waals surface area (Å²) < 4.78 is 11.3. The molecule has 1 aliphatic heterocycles. The molecule has 3 nitrogen and oxygen atoms in total. The molecule has 18 heavy (non-hydrogen) atoms. The maximum absolute atomic E-state index is 5.84. The van der Waals surface area contributed by atoms with Crippen molar-refractivity contribution in [2.24, 2.45) is 5.92 Å². The standard InChI is InChI=1S/C15H17NO2/c1-16-15(14-7-4-8-17-14)12-9-11-5-2-3-6-13(11)18-10-12/h2-8,12,15-16H,9-10H2,1H3. The summed E-state index contributed by atoms with van der Waals surface area (Å²) in [5.74, 6) is 2.39. The highest BCUT2D eigenvalue weighted by Gasteiger charge is 2.28. The lowest BCUT2D eigenvalue weighted by atomic mass is 9.89. The van der Waals surface area contributed by atoms with E-state index in [2.05, 4.69) is 17.4 Å². The summed E-state index contributed by atoms with van der Waals surface area (Å²) in [5, 5.41) is 3.33. The molecule has 2 atom stereocenters. The van der Waals surface area contributed by atoms with Crippen LogP contribution in [0.5, 0.6) is 5.75 Å². The molecule has 0 fully saturated rings. The van der Waals surface area contributed by atoms with Gasteiger partial charge in [0.2, 0.25) is 0 Å². The first-order chi connectivity index (χ1) is 8.88. The van der Waals surface area contributed by atoms with E-state index in [0.717, 1.165) is 24.5 Å². The quantitative estimate of drug-likeness (QED) is 0.900. The molecular formula is C15H17NO2. The van der Waals surface area contributed by atoms with Crippen LogP contribution in [0, 0.1) is 5.92 Å². The number of nitrogens with one attached hydrogen (secondary N) is 1. The molecule has 0 radical (unpaired) electrons. The van der Waals surface area contributed by atoms with Crippen LogP contribution in [0.1, 0.15) is 17.4 Å². The Morgan fingerprint density at radius 1 is 1.22 bits per heavy atom. The third-order valence-corrected chi connectivity index (χ3v) is 3.54. The highest BCUT2D eigenvalue weighted by Crippen LogP contribution is 2.33. The predicted octanol–water partition coefficient (Wildman–Crippen LogP) is 2.79.